The Balaban J connectivity index is 1.41. The number of hydrogen-bond donors (Lipinski definition) is 1. The monoisotopic (exact) mass is 443 g/mol. The summed E-state index contributed by atoms with van der Waals surface area (Å²) in [4.78, 5) is 26.8. The number of carbonyl (C=O) groups is 1. The van der Waals surface area contributed by atoms with Crippen LogP contribution in [0, 0.1) is 24.5 Å². The molecule has 1 amide bonds. The standard InChI is InChI=1S/C21H23F2N7O2/c1-13-8-26-28(2)19(13)18-17(23)11-25-21(27-18)29-5-3-15(4-6-29)20(31)30(32)12-14-7-16(22)10-24-9-14/h7-11,15,32H,3-6,12H2,1-2H3. The molecule has 3 aromatic heterocycles. The molecule has 1 fully saturated rings. The molecule has 4 rings (SSSR count). The first-order valence-corrected chi connectivity index (χ1v) is 10.2. The number of nitrogens with zero attached hydrogens (tertiary/aromatic N) is 7. The number of hydrogen-bond acceptors (Lipinski definition) is 7. The Morgan fingerprint density at radius 1 is 1.22 bits per heavy atom. The van der Waals surface area contributed by atoms with E-state index in [1.807, 2.05) is 11.8 Å². The number of aromatic nitrogens is 5. The van der Waals surface area contributed by atoms with Gasteiger partial charge in [0, 0.05) is 32.3 Å². The summed E-state index contributed by atoms with van der Waals surface area (Å²) in [6.45, 7) is 2.64. The van der Waals surface area contributed by atoms with Crippen molar-refractivity contribution >= 4 is 11.9 Å². The number of halogens is 2. The molecule has 0 spiro atoms. The summed E-state index contributed by atoms with van der Waals surface area (Å²) in [5, 5.41) is 14.9. The second-order valence-electron chi connectivity index (χ2n) is 7.83. The van der Waals surface area contributed by atoms with Crippen LogP contribution in [0.5, 0.6) is 0 Å². The Bertz CT molecular complexity index is 1110. The minimum Gasteiger partial charge on any atom is -0.341 e. The molecule has 0 saturated carbocycles. The number of hydroxylamine groups is 2. The van der Waals surface area contributed by atoms with Gasteiger partial charge in [0.2, 0.25) is 11.9 Å². The Morgan fingerprint density at radius 2 is 1.97 bits per heavy atom. The summed E-state index contributed by atoms with van der Waals surface area (Å²) in [6, 6.07) is 1.22. The zero-order valence-electron chi connectivity index (χ0n) is 17.7. The molecule has 1 aliphatic rings. The van der Waals surface area contributed by atoms with Gasteiger partial charge in [0.05, 0.1) is 30.8 Å². The normalized spacial score (nSPS) is 14.6. The number of amides is 1. The van der Waals surface area contributed by atoms with E-state index in [4.69, 9.17) is 0 Å². The number of rotatable bonds is 5. The van der Waals surface area contributed by atoms with Gasteiger partial charge < -0.3 is 4.90 Å². The van der Waals surface area contributed by atoms with Crippen molar-refractivity contribution < 1.29 is 18.8 Å². The van der Waals surface area contributed by atoms with Crippen molar-refractivity contribution in [3.8, 4) is 11.4 Å². The third kappa shape index (κ3) is 4.42. The maximum Gasteiger partial charge on any atom is 0.249 e. The first kappa shape index (κ1) is 21.8. The van der Waals surface area contributed by atoms with Crippen LogP contribution in [-0.2, 0) is 18.4 Å². The third-order valence-corrected chi connectivity index (χ3v) is 5.55. The molecule has 168 valence electrons. The lowest BCUT2D eigenvalue weighted by molar-refractivity contribution is -0.173. The number of piperidine rings is 1. The summed E-state index contributed by atoms with van der Waals surface area (Å²) < 4.78 is 29.3. The number of carbonyl (C=O) groups excluding carboxylic acids is 1. The van der Waals surface area contributed by atoms with Crippen molar-refractivity contribution in [2.75, 3.05) is 18.0 Å². The summed E-state index contributed by atoms with van der Waals surface area (Å²) in [7, 11) is 1.72. The molecular weight excluding hydrogens is 420 g/mol. The molecule has 0 unspecified atom stereocenters. The summed E-state index contributed by atoms with van der Waals surface area (Å²) in [5.41, 5.74) is 1.96. The van der Waals surface area contributed by atoms with Crippen molar-refractivity contribution in [2.45, 2.75) is 26.3 Å². The van der Waals surface area contributed by atoms with Crippen LogP contribution < -0.4 is 4.90 Å². The molecule has 9 nitrogen and oxygen atoms in total. The van der Waals surface area contributed by atoms with Crippen molar-refractivity contribution in [2.24, 2.45) is 13.0 Å². The average molecular weight is 443 g/mol. The fraction of sp³-hybridized carbons (Fsp3) is 0.381. The molecular formula is C21H23F2N7O2. The summed E-state index contributed by atoms with van der Waals surface area (Å²) in [5.74, 6) is -1.51. The third-order valence-electron chi connectivity index (χ3n) is 5.55. The van der Waals surface area contributed by atoms with E-state index in [9.17, 15) is 18.8 Å². The van der Waals surface area contributed by atoms with E-state index < -0.39 is 23.5 Å². The predicted octanol–water partition coefficient (Wildman–Crippen LogP) is 2.49. The van der Waals surface area contributed by atoms with Crippen LogP contribution in [0.2, 0.25) is 0 Å². The minimum absolute atomic E-state index is 0.141. The summed E-state index contributed by atoms with van der Waals surface area (Å²) >= 11 is 0. The number of aryl methyl sites for hydroxylation is 2. The van der Waals surface area contributed by atoms with Gasteiger partial charge in [-0.2, -0.15) is 5.10 Å². The van der Waals surface area contributed by atoms with Gasteiger partial charge in [-0.25, -0.2) is 23.8 Å². The van der Waals surface area contributed by atoms with E-state index in [-0.39, 0.29) is 12.2 Å². The highest BCUT2D eigenvalue weighted by Gasteiger charge is 2.30. The molecule has 0 atom stereocenters. The van der Waals surface area contributed by atoms with E-state index >= 15 is 0 Å². The minimum atomic E-state index is -0.534. The quantitative estimate of drug-likeness (QED) is 0.478. The molecule has 0 aliphatic carbocycles. The van der Waals surface area contributed by atoms with E-state index in [1.165, 1.54) is 12.3 Å². The molecule has 0 bridgehead atoms. The van der Waals surface area contributed by atoms with Crippen LogP contribution in [0.15, 0.2) is 30.9 Å². The lowest BCUT2D eigenvalue weighted by Crippen LogP contribution is -2.42. The molecule has 0 radical (unpaired) electrons. The molecule has 32 heavy (non-hydrogen) atoms. The first-order chi connectivity index (χ1) is 15.3. The Morgan fingerprint density at radius 3 is 2.62 bits per heavy atom. The fourth-order valence-corrected chi connectivity index (χ4v) is 3.89. The highest BCUT2D eigenvalue weighted by atomic mass is 19.1. The Kier molecular flexibility index (Phi) is 6.08. The molecule has 1 saturated heterocycles. The topological polar surface area (TPSA) is 100 Å². The highest BCUT2D eigenvalue weighted by molar-refractivity contribution is 5.78. The molecule has 0 aromatic carbocycles. The highest BCUT2D eigenvalue weighted by Crippen LogP contribution is 2.27. The second-order valence-corrected chi connectivity index (χ2v) is 7.83. The zero-order valence-corrected chi connectivity index (χ0v) is 17.7. The molecule has 4 heterocycles. The molecule has 11 heteroatoms. The van der Waals surface area contributed by atoms with Gasteiger partial charge in [-0.05, 0) is 37.0 Å². The largest absolute Gasteiger partial charge is 0.341 e. The van der Waals surface area contributed by atoms with Crippen LogP contribution >= 0.6 is 0 Å². The lowest BCUT2D eigenvalue weighted by Gasteiger charge is -2.32. The predicted molar refractivity (Wildman–Crippen MR) is 110 cm³/mol. The first-order valence-electron chi connectivity index (χ1n) is 10.2. The smallest absolute Gasteiger partial charge is 0.249 e. The van der Waals surface area contributed by atoms with Crippen LogP contribution in [0.25, 0.3) is 11.4 Å². The number of anilines is 1. The van der Waals surface area contributed by atoms with Crippen molar-refractivity contribution in [3.63, 3.8) is 0 Å². The maximum atomic E-state index is 14.4. The lowest BCUT2D eigenvalue weighted by atomic mass is 9.96. The van der Waals surface area contributed by atoms with Crippen LogP contribution in [0.4, 0.5) is 14.7 Å². The van der Waals surface area contributed by atoms with Gasteiger partial charge in [-0.1, -0.05) is 0 Å². The molecule has 1 aliphatic heterocycles. The SMILES string of the molecule is Cc1cnn(C)c1-c1nc(N2CCC(C(=O)N(O)Cc3cncc(F)c3)CC2)ncc1F. The van der Waals surface area contributed by atoms with Crippen molar-refractivity contribution in [1.29, 1.82) is 0 Å². The molecule has 3 aromatic rings. The van der Waals surface area contributed by atoms with Gasteiger partial charge in [0.15, 0.2) is 5.82 Å². The van der Waals surface area contributed by atoms with Crippen LogP contribution in [-0.4, -0.2) is 54.0 Å². The van der Waals surface area contributed by atoms with Crippen molar-refractivity contribution in [1.82, 2.24) is 29.8 Å². The van der Waals surface area contributed by atoms with Gasteiger partial charge in [-0.3, -0.25) is 19.7 Å². The van der Waals surface area contributed by atoms with E-state index in [1.54, 1.807) is 17.9 Å². The van der Waals surface area contributed by atoms with Crippen molar-refractivity contribution in [3.05, 3.63) is 53.6 Å². The second kappa shape index (κ2) is 8.95. The Hall–Kier alpha value is -3.47. The maximum absolute atomic E-state index is 14.4. The van der Waals surface area contributed by atoms with Gasteiger partial charge >= 0.3 is 0 Å². The Labute approximate surface area is 183 Å². The average Bonchev–Trinajstić information content (AvgIpc) is 3.11. The molecule has 1 N–H and O–H groups in total. The number of pyridine rings is 1. The van der Waals surface area contributed by atoms with Crippen LogP contribution in [0.3, 0.4) is 0 Å². The fourth-order valence-electron chi connectivity index (χ4n) is 3.89. The van der Waals surface area contributed by atoms with Gasteiger partial charge in [0.25, 0.3) is 0 Å². The van der Waals surface area contributed by atoms with Gasteiger partial charge in [-0.15, -0.1) is 0 Å². The van der Waals surface area contributed by atoms with E-state index in [2.05, 4.69) is 20.1 Å². The van der Waals surface area contributed by atoms with E-state index in [0.29, 0.717) is 48.2 Å². The van der Waals surface area contributed by atoms with E-state index in [0.717, 1.165) is 18.0 Å². The van der Waals surface area contributed by atoms with Gasteiger partial charge in [0.1, 0.15) is 11.5 Å². The van der Waals surface area contributed by atoms with Crippen LogP contribution in [0.1, 0.15) is 24.0 Å². The summed E-state index contributed by atoms with van der Waals surface area (Å²) in [6.07, 6.45) is 6.19. The zero-order chi connectivity index (χ0) is 22.8.